The first-order valence-corrected chi connectivity index (χ1v) is 5.75. The molecular formula is C13H16O5. The number of aryl methyl sites for hydroxylation is 1. The summed E-state index contributed by atoms with van der Waals surface area (Å²) in [6.07, 6.45) is 1.00. The average molecular weight is 252 g/mol. The number of aromatic carboxylic acids is 1. The minimum absolute atomic E-state index is 0.0584. The highest BCUT2D eigenvalue weighted by atomic mass is 16.5. The van der Waals surface area contributed by atoms with Crippen LogP contribution in [0.4, 0.5) is 0 Å². The summed E-state index contributed by atoms with van der Waals surface area (Å²) in [7, 11) is 0. The Kier molecular flexibility index (Phi) is 5.17. The molecule has 0 bridgehead atoms. The SMILES string of the molecule is CCOc1ccc(C(=O)O)cc1CCCC(=O)O. The second-order valence-corrected chi connectivity index (χ2v) is 3.81. The average Bonchev–Trinajstić information content (AvgIpc) is 2.30. The summed E-state index contributed by atoms with van der Waals surface area (Å²) in [4.78, 5) is 21.3. The number of hydrogen-bond acceptors (Lipinski definition) is 3. The van der Waals surface area contributed by atoms with Crippen LogP contribution in [-0.4, -0.2) is 28.8 Å². The van der Waals surface area contributed by atoms with Crippen LogP contribution in [0, 0.1) is 0 Å². The Hall–Kier alpha value is -2.04. The molecule has 0 fully saturated rings. The number of carbonyl (C=O) groups is 2. The van der Waals surface area contributed by atoms with Crippen molar-refractivity contribution in [2.75, 3.05) is 6.61 Å². The minimum atomic E-state index is -1.00. The Morgan fingerprint density at radius 2 is 2.00 bits per heavy atom. The Morgan fingerprint density at radius 1 is 1.28 bits per heavy atom. The Bertz CT molecular complexity index is 439. The van der Waals surface area contributed by atoms with E-state index in [4.69, 9.17) is 14.9 Å². The van der Waals surface area contributed by atoms with Crippen molar-refractivity contribution in [3.05, 3.63) is 29.3 Å². The maximum Gasteiger partial charge on any atom is 0.335 e. The van der Waals surface area contributed by atoms with E-state index < -0.39 is 11.9 Å². The summed E-state index contributed by atoms with van der Waals surface area (Å²) in [6, 6.07) is 4.63. The minimum Gasteiger partial charge on any atom is -0.494 e. The first-order valence-electron chi connectivity index (χ1n) is 5.75. The fourth-order valence-corrected chi connectivity index (χ4v) is 1.63. The quantitative estimate of drug-likeness (QED) is 0.777. The van der Waals surface area contributed by atoms with E-state index in [0.29, 0.717) is 25.2 Å². The van der Waals surface area contributed by atoms with E-state index in [2.05, 4.69) is 0 Å². The second-order valence-electron chi connectivity index (χ2n) is 3.81. The van der Waals surface area contributed by atoms with Crippen LogP contribution in [0.25, 0.3) is 0 Å². The van der Waals surface area contributed by atoms with E-state index in [-0.39, 0.29) is 12.0 Å². The monoisotopic (exact) mass is 252 g/mol. The zero-order valence-corrected chi connectivity index (χ0v) is 10.2. The van der Waals surface area contributed by atoms with Crippen LogP contribution < -0.4 is 4.74 Å². The molecule has 0 unspecified atom stereocenters. The van der Waals surface area contributed by atoms with Crippen LogP contribution in [0.2, 0.25) is 0 Å². The van der Waals surface area contributed by atoms with Gasteiger partial charge < -0.3 is 14.9 Å². The van der Waals surface area contributed by atoms with Gasteiger partial charge in [-0.05, 0) is 43.5 Å². The van der Waals surface area contributed by atoms with Gasteiger partial charge in [-0.2, -0.15) is 0 Å². The van der Waals surface area contributed by atoms with Gasteiger partial charge in [0.15, 0.2) is 0 Å². The normalized spacial score (nSPS) is 10.1. The lowest BCUT2D eigenvalue weighted by molar-refractivity contribution is -0.137. The number of benzene rings is 1. The van der Waals surface area contributed by atoms with Gasteiger partial charge in [0, 0.05) is 6.42 Å². The lowest BCUT2D eigenvalue weighted by atomic mass is 10.0. The molecule has 0 aliphatic rings. The van der Waals surface area contributed by atoms with Gasteiger partial charge in [-0.3, -0.25) is 4.79 Å². The molecule has 0 aromatic heterocycles. The van der Waals surface area contributed by atoms with Crippen LogP contribution in [0.1, 0.15) is 35.7 Å². The zero-order chi connectivity index (χ0) is 13.5. The van der Waals surface area contributed by atoms with E-state index in [1.165, 1.54) is 12.1 Å². The molecule has 18 heavy (non-hydrogen) atoms. The summed E-state index contributed by atoms with van der Waals surface area (Å²) < 4.78 is 5.39. The molecule has 0 saturated carbocycles. The summed E-state index contributed by atoms with van der Waals surface area (Å²) in [5.74, 6) is -1.24. The van der Waals surface area contributed by atoms with Crippen LogP contribution in [0.3, 0.4) is 0 Å². The number of ether oxygens (including phenoxy) is 1. The molecule has 0 radical (unpaired) electrons. The smallest absolute Gasteiger partial charge is 0.335 e. The number of carboxylic acid groups (broad SMARTS) is 2. The van der Waals surface area contributed by atoms with Gasteiger partial charge >= 0.3 is 11.9 Å². The molecule has 5 heteroatoms. The van der Waals surface area contributed by atoms with Crippen molar-refractivity contribution in [2.45, 2.75) is 26.2 Å². The van der Waals surface area contributed by atoms with Gasteiger partial charge in [0.25, 0.3) is 0 Å². The molecule has 1 aromatic carbocycles. The van der Waals surface area contributed by atoms with Crippen molar-refractivity contribution >= 4 is 11.9 Å². The highest BCUT2D eigenvalue weighted by molar-refractivity contribution is 5.88. The molecule has 1 aromatic rings. The van der Waals surface area contributed by atoms with Gasteiger partial charge in [0.2, 0.25) is 0 Å². The summed E-state index contributed by atoms with van der Waals surface area (Å²) in [6.45, 7) is 2.32. The third-order valence-corrected chi connectivity index (χ3v) is 2.44. The van der Waals surface area contributed by atoms with Crippen LogP contribution in [-0.2, 0) is 11.2 Å². The topological polar surface area (TPSA) is 83.8 Å². The first kappa shape index (κ1) is 14.0. The number of carboxylic acids is 2. The molecule has 98 valence electrons. The van der Waals surface area contributed by atoms with Crippen LogP contribution in [0.15, 0.2) is 18.2 Å². The van der Waals surface area contributed by atoms with Gasteiger partial charge in [-0.1, -0.05) is 0 Å². The van der Waals surface area contributed by atoms with Gasteiger partial charge in [-0.25, -0.2) is 4.79 Å². The van der Waals surface area contributed by atoms with Gasteiger partial charge in [0.05, 0.1) is 12.2 Å². The molecule has 0 aliphatic heterocycles. The molecular weight excluding hydrogens is 236 g/mol. The molecule has 0 saturated heterocycles. The first-order chi connectivity index (χ1) is 8.54. The van der Waals surface area contributed by atoms with Crippen molar-refractivity contribution in [2.24, 2.45) is 0 Å². The number of hydrogen-bond donors (Lipinski definition) is 2. The third kappa shape index (κ3) is 4.08. The highest BCUT2D eigenvalue weighted by Crippen LogP contribution is 2.22. The van der Waals surface area contributed by atoms with E-state index in [1.54, 1.807) is 6.07 Å². The molecule has 0 amide bonds. The van der Waals surface area contributed by atoms with Crippen molar-refractivity contribution < 1.29 is 24.5 Å². The summed E-state index contributed by atoms with van der Waals surface area (Å²) >= 11 is 0. The molecule has 0 aliphatic carbocycles. The van der Waals surface area contributed by atoms with E-state index in [9.17, 15) is 9.59 Å². The van der Waals surface area contributed by atoms with Gasteiger partial charge in [0.1, 0.15) is 5.75 Å². The molecule has 0 atom stereocenters. The molecule has 0 heterocycles. The zero-order valence-electron chi connectivity index (χ0n) is 10.2. The third-order valence-electron chi connectivity index (χ3n) is 2.44. The standard InChI is InChI=1S/C13H16O5/c1-2-18-11-7-6-10(13(16)17)8-9(11)4-3-5-12(14)15/h6-8H,2-5H2,1H3,(H,14,15)(H,16,17). The molecule has 1 rings (SSSR count). The van der Waals surface area contributed by atoms with E-state index >= 15 is 0 Å². The van der Waals surface area contributed by atoms with Crippen molar-refractivity contribution in [3.8, 4) is 5.75 Å². The largest absolute Gasteiger partial charge is 0.494 e. The maximum absolute atomic E-state index is 10.9. The van der Waals surface area contributed by atoms with E-state index in [0.717, 1.165) is 5.56 Å². The highest BCUT2D eigenvalue weighted by Gasteiger charge is 2.10. The number of aliphatic carboxylic acids is 1. The lowest BCUT2D eigenvalue weighted by Crippen LogP contribution is -2.03. The lowest BCUT2D eigenvalue weighted by Gasteiger charge is -2.10. The predicted octanol–water partition coefficient (Wildman–Crippen LogP) is 2.19. The summed E-state index contributed by atoms with van der Waals surface area (Å²) in [5.41, 5.74) is 0.918. The number of rotatable bonds is 7. The fraction of sp³-hybridized carbons (Fsp3) is 0.385. The molecule has 2 N–H and O–H groups in total. The van der Waals surface area contributed by atoms with Crippen LogP contribution >= 0.6 is 0 Å². The Labute approximate surface area is 105 Å². The van der Waals surface area contributed by atoms with E-state index in [1.807, 2.05) is 6.92 Å². The van der Waals surface area contributed by atoms with Crippen molar-refractivity contribution in [1.82, 2.24) is 0 Å². The second kappa shape index (κ2) is 6.64. The van der Waals surface area contributed by atoms with Crippen LogP contribution in [0.5, 0.6) is 5.75 Å². The molecule has 5 nitrogen and oxygen atoms in total. The summed E-state index contributed by atoms with van der Waals surface area (Å²) in [5, 5.41) is 17.5. The fourth-order valence-electron chi connectivity index (χ4n) is 1.63. The van der Waals surface area contributed by atoms with Crippen molar-refractivity contribution in [3.63, 3.8) is 0 Å². The Balaban J connectivity index is 2.85. The Morgan fingerprint density at radius 3 is 2.56 bits per heavy atom. The molecule has 0 spiro atoms. The maximum atomic E-state index is 10.9. The van der Waals surface area contributed by atoms with Gasteiger partial charge in [-0.15, -0.1) is 0 Å². The van der Waals surface area contributed by atoms with Crippen molar-refractivity contribution in [1.29, 1.82) is 0 Å². The predicted molar refractivity (Wildman–Crippen MR) is 65.1 cm³/mol.